The van der Waals surface area contributed by atoms with Crippen LogP contribution >= 0.6 is 11.8 Å². The van der Waals surface area contributed by atoms with Crippen LogP contribution in [0.3, 0.4) is 0 Å². The third-order valence-electron chi connectivity index (χ3n) is 2.57. The Balaban J connectivity index is 2.17. The highest BCUT2D eigenvalue weighted by molar-refractivity contribution is 7.99. The van der Waals surface area contributed by atoms with Gasteiger partial charge in [0.2, 0.25) is 0 Å². The van der Waals surface area contributed by atoms with Gasteiger partial charge in [-0.2, -0.15) is 0 Å². The van der Waals surface area contributed by atoms with Crippen molar-refractivity contribution < 1.29 is 9.90 Å². The molecule has 0 aliphatic rings. The van der Waals surface area contributed by atoms with Crippen molar-refractivity contribution in [3.63, 3.8) is 0 Å². The minimum Gasteiger partial charge on any atom is -0.480 e. The van der Waals surface area contributed by atoms with E-state index in [4.69, 9.17) is 10.8 Å². The van der Waals surface area contributed by atoms with Crippen molar-refractivity contribution in [3.8, 4) is 0 Å². The lowest BCUT2D eigenvalue weighted by atomic mass is 10.1. The Morgan fingerprint density at radius 3 is 2.94 bits per heavy atom. The van der Waals surface area contributed by atoms with Crippen molar-refractivity contribution in [2.24, 2.45) is 5.73 Å². The minimum absolute atomic E-state index is 0.337. The standard InChI is InChI=1S/C12H14N2O2S/c1-12(13,11(15)16)7-17-10-6-14-9-5-3-2-4-8(9)10/h2-6,14H,7,13H2,1H3,(H,15,16). The number of hydrogen-bond acceptors (Lipinski definition) is 3. The summed E-state index contributed by atoms with van der Waals surface area (Å²) in [5.41, 5.74) is 5.53. The van der Waals surface area contributed by atoms with Crippen molar-refractivity contribution in [3.05, 3.63) is 30.5 Å². The van der Waals surface area contributed by atoms with E-state index in [-0.39, 0.29) is 0 Å². The third kappa shape index (κ3) is 2.45. The molecule has 0 bridgehead atoms. The zero-order valence-electron chi connectivity index (χ0n) is 9.43. The highest BCUT2D eigenvalue weighted by Crippen LogP contribution is 2.29. The Kier molecular flexibility index (Phi) is 3.13. The maximum atomic E-state index is 10.9. The molecular formula is C12H14N2O2S. The summed E-state index contributed by atoms with van der Waals surface area (Å²) in [5, 5.41) is 10.0. The smallest absolute Gasteiger partial charge is 0.324 e. The fourth-order valence-corrected chi connectivity index (χ4v) is 2.51. The molecule has 1 atom stereocenters. The first kappa shape index (κ1) is 12.0. The summed E-state index contributed by atoms with van der Waals surface area (Å²) in [5.74, 6) is -0.644. The molecule has 5 heteroatoms. The number of thioether (sulfide) groups is 1. The van der Waals surface area contributed by atoms with E-state index in [0.29, 0.717) is 5.75 Å². The first-order valence-corrected chi connectivity index (χ1v) is 6.20. The van der Waals surface area contributed by atoms with Gasteiger partial charge in [-0.15, -0.1) is 11.8 Å². The maximum absolute atomic E-state index is 10.9. The molecule has 1 unspecified atom stereocenters. The van der Waals surface area contributed by atoms with Gasteiger partial charge in [0.05, 0.1) is 0 Å². The van der Waals surface area contributed by atoms with Crippen LogP contribution in [-0.2, 0) is 4.79 Å². The number of carboxylic acid groups (broad SMARTS) is 1. The lowest BCUT2D eigenvalue weighted by Crippen LogP contribution is -2.47. The zero-order chi connectivity index (χ0) is 12.5. The van der Waals surface area contributed by atoms with Crippen LogP contribution in [-0.4, -0.2) is 27.4 Å². The van der Waals surface area contributed by atoms with Gasteiger partial charge in [0.15, 0.2) is 0 Å². The summed E-state index contributed by atoms with van der Waals surface area (Å²) >= 11 is 1.45. The van der Waals surface area contributed by atoms with Crippen LogP contribution < -0.4 is 5.73 Å². The number of benzene rings is 1. The second-order valence-electron chi connectivity index (χ2n) is 4.21. The number of carboxylic acids is 1. The normalized spacial score (nSPS) is 14.7. The van der Waals surface area contributed by atoms with Crippen LogP contribution in [0.1, 0.15) is 6.92 Å². The van der Waals surface area contributed by atoms with Gasteiger partial charge in [-0.05, 0) is 13.0 Å². The number of aromatic amines is 1. The fraction of sp³-hybridized carbons (Fsp3) is 0.250. The monoisotopic (exact) mass is 250 g/mol. The summed E-state index contributed by atoms with van der Waals surface area (Å²) in [7, 11) is 0. The Labute approximate surface area is 103 Å². The van der Waals surface area contributed by atoms with Crippen LogP contribution in [0.2, 0.25) is 0 Å². The van der Waals surface area contributed by atoms with E-state index in [1.165, 1.54) is 18.7 Å². The van der Waals surface area contributed by atoms with Crippen molar-refractivity contribution in [1.82, 2.24) is 4.98 Å². The van der Waals surface area contributed by atoms with Gasteiger partial charge in [-0.25, -0.2) is 0 Å². The predicted molar refractivity (Wildman–Crippen MR) is 69.3 cm³/mol. The first-order valence-electron chi connectivity index (χ1n) is 5.22. The van der Waals surface area contributed by atoms with E-state index < -0.39 is 11.5 Å². The molecule has 0 saturated carbocycles. The van der Waals surface area contributed by atoms with Gasteiger partial charge in [-0.1, -0.05) is 18.2 Å². The summed E-state index contributed by atoms with van der Waals surface area (Å²) in [6.45, 7) is 1.52. The average molecular weight is 250 g/mol. The molecule has 1 heterocycles. The second kappa shape index (κ2) is 4.43. The third-order valence-corrected chi connectivity index (χ3v) is 3.96. The summed E-state index contributed by atoms with van der Waals surface area (Å²) in [4.78, 5) is 15.1. The highest BCUT2D eigenvalue weighted by atomic mass is 32.2. The summed E-state index contributed by atoms with van der Waals surface area (Å²) < 4.78 is 0. The van der Waals surface area contributed by atoms with Gasteiger partial charge < -0.3 is 15.8 Å². The maximum Gasteiger partial charge on any atom is 0.324 e. The average Bonchev–Trinajstić information content (AvgIpc) is 2.69. The molecule has 0 amide bonds. The van der Waals surface area contributed by atoms with Crippen LogP contribution in [0, 0.1) is 0 Å². The van der Waals surface area contributed by atoms with E-state index in [0.717, 1.165) is 15.8 Å². The zero-order valence-corrected chi connectivity index (χ0v) is 10.3. The Bertz CT molecular complexity index is 548. The van der Waals surface area contributed by atoms with E-state index in [9.17, 15) is 4.79 Å². The Morgan fingerprint density at radius 2 is 2.24 bits per heavy atom. The largest absolute Gasteiger partial charge is 0.480 e. The van der Waals surface area contributed by atoms with Crippen molar-refractivity contribution >= 4 is 28.6 Å². The molecule has 17 heavy (non-hydrogen) atoms. The number of rotatable bonds is 4. The van der Waals surface area contributed by atoms with Crippen molar-refractivity contribution in [2.75, 3.05) is 5.75 Å². The van der Waals surface area contributed by atoms with E-state index in [1.54, 1.807) is 0 Å². The number of carbonyl (C=O) groups is 1. The van der Waals surface area contributed by atoms with Crippen LogP contribution in [0.4, 0.5) is 0 Å². The molecular weight excluding hydrogens is 236 g/mol. The van der Waals surface area contributed by atoms with E-state index in [1.807, 2.05) is 30.5 Å². The van der Waals surface area contributed by atoms with Gasteiger partial charge >= 0.3 is 5.97 Å². The van der Waals surface area contributed by atoms with Gasteiger partial charge in [0.1, 0.15) is 5.54 Å². The van der Waals surface area contributed by atoms with Crippen molar-refractivity contribution in [1.29, 1.82) is 0 Å². The summed E-state index contributed by atoms with van der Waals surface area (Å²) in [6.07, 6.45) is 1.88. The molecule has 4 N–H and O–H groups in total. The molecule has 0 radical (unpaired) electrons. The SMILES string of the molecule is CC(N)(CSc1c[nH]c2ccccc12)C(=O)O. The highest BCUT2D eigenvalue weighted by Gasteiger charge is 2.28. The Morgan fingerprint density at radius 1 is 1.53 bits per heavy atom. The number of nitrogens with one attached hydrogen (secondary N) is 1. The lowest BCUT2D eigenvalue weighted by molar-refractivity contribution is -0.141. The van der Waals surface area contributed by atoms with Gasteiger partial charge in [-0.3, -0.25) is 4.79 Å². The molecule has 1 aromatic heterocycles. The number of aliphatic carboxylic acids is 1. The van der Waals surface area contributed by atoms with Crippen LogP contribution in [0.15, 0.2) is 35.4 Å². The molecule has 0 fully saturated rings. The number of hydrogen-bond donors (Lipinski definition) is 3. The van der Waals surface area contributed by atoms with Crippen LogP contribution in [0.5, 0.6) is 0 Å². The molecule has 0 spiro atoms. The lowest BCUT2D eigenvalue weighted by Gasteiger charge is -2.17. The fourth-order valence-electron chi connectivity index (χ4n) is 1.45. The predicted octanol–water partition coefficient (Wildman–Crippen LogP) is 2.06. The molecule has 0 saturated heterocycles. The van der Waals surface area contributed by atoms with E-state index in [2.05, 4.69) is 4.98 Å². The quantitative estimate of drug-likeness (QED) is 0.726. The minimum atomic E-state index is -1.21. The molecule has 0 aliphatic carbocycles. The molecule has 4 nitrogen and oxygen atoms in total. The summed E-state index contributed by atoms with van der Waals surface area (Å²) in [6, 6.07) is 7.90. The molecule has 90 valence electrons. The van der Waals surface area contributed by atoms with Gasteiger partial charge in [0, 0.05) is 27.7 Å². The van der Waals surface area contributed by atoms with Crippen molar-refractivity contribution in [2.45, 2.75) is 17.4 Å². The number of aromatic nitrogens is 1. The second-order valence-corrected chi connectivity index (χ2v) is 5.23. The number of H-pyrrole nitrogens is 1. The number of fused-ring (bicyclic) bond motifs is 1. The topological polar surface area (TPSA) is 79.1 Å². The van der Waals surface area contributed by atoms with Crippen LogP contribution in [0.25, 0.3) is 10.9 Å². The van der Waals surface area contributed by atoms with E-state index >= 15 is 0 Å². The molecule has 2 rings (SSSR count). The molecule has 1 aromatic carbocycles. The Hall–Kier alpha value is -1.46. The number of nitrogens with two attached hydrogens (primary N) is 1. The van der Waals surface area contributed by atoms with Gasteiger partial charge in [0.25, 0.3) is 0 Å². The first-order chi connectivity index (χ1) is 8.00. The molecule has 0 aliphatic heterocycles. The number of para-hydroxylation sites is 1. The molecule has 2 aromatic rings.